The number of carboxylic acid groups (broad SMARTS) is 1. The molecular formula is C19H18F3N3O4S. The minimum absolute atomic E-state index is 0.0109. The van der Waals surface area contributed by atoms with Gasteiger partial charge in [0.25, 0.3) is 5.91 Å². The van der Waals surface area contributed by atoms with E-state index in [-0.39, 0.29) is 23.9 Å². The highest BCUT2D eigenvalue weighted by atomic mass is 32.1. The number of rotatable bonds is 3. The Hall–Kier alpha value is -2.95. The van der Waals surface area contributed by atoms with E-state index < -0.39 is 12.1 Å². The highest BCUT2D eigenvalue weighted by Crippen LogP contribution is 2.34. The molecule has 160 valence electrons. The van der Waals surface area contributed by atoms with Crippen LogP contribution in [0, 0.1) is 0 Å². The van der Waals surface area contributed by atoms with Gasteiger partial charge < -0.3 is 14.9 Å². The number of hydrogen-bond acceptors (Lipinski definition) is 5. The van der Waals surface area contributed by atoms with Gasteiger partial charge >= 0.3 is 12.1 Å². The Balaban J connectivity index is 0.000000318. The molecule has 2 saturated heterocycles. The zero-order valence-electron chi connectivity index (χ0n) is 15.6. The van der Waals surface area contributed by atoms with Crippen LogP contribution in [-0.4, -0.2) is 62.5 Å². The number of carbonyl (C=O) groups excluding carboxylic acids is 2. The lowest BCUT2D eigenvalue weighted by atomic mass is 10.1. The summed E-state index contributed by atoms with van der Waals surface area (Å²) in [5.41, 5.74) is 1.81. The second kappa shape index (κ2) is 8.82. The number of aromatic nitrogens is 1. The molecule has 2 aliphatic rings. The molecule has 2 amide bonds. The largest absolute Gasteiger partial charge is 0.490 e. The smallest absolute Gasteiger partial charge is 0.475 e. The third-order valence-electron chi connectivity index (χ3n) is 4.99. The highest BCUT2D eigenvalue weighted by molar-refractivity contribution is 7.08. The van der Waals surface area contributed by atoms with Crippen LogP contribution < -0.4 is 0 Å². The topological polar surface area (TPSA) is 90.8 Å². The minimum atomic E-state index is -5.08. The van der Waals surface area contributed by atoms with Gasteiger partial charge in [0.1, 0.15) is 0 Å². The average Bonchev–Trinajstić information content (AvgIpc) is 3.41. The van der Waals surface area contributed by atoms with Gasteiger partial charge in [0.05, 0.1) is 17.6 Å². The van der Waals surface area contributed by atoms with Crippen molar-refractivity contribution in [3.63, 3.8) is 0 Å². The first-order valence-electron chi connectivity index (χ1n) is 9.00. The fourth-order valence-electron chi connectivity index (χ4n) is 3.62. The quantitative estimate of drug-likeness (QED) is 0.791. The van der Waals surface area contributed by atoms with Gasteiger partial charge in [-0.25, -0.2) is 4.79 Å². The summed E-state index contributed by atoms with van der Waals surface area (Å²) in [5.74, 6) is -2.57. The average molecular weight is 441 g/mol. The Labute approximate surface area is 173 Å². The van der Waals surface area contributed by atoms with Gasteiger partial charge in [-0.3, -0.25) is 14.6 Å². The molecule has 7 nitrogen and oxygen atoms in total. The molecule has 11 heteroatoms. The third kappa shape index (κ3) is 4.78. The number of hydrogen-bond donors (Lipinski definition) is 1. The molecule has 2 fully saturated rings. The summed E-state index contributed by atoms with van der Waals surface area (Å²) in [7, 11) is 0. The van der Waals surface area contributed by atoms with Crippen LogP contribution in [0.25, 0.3) is 0 Å². The number of fused-ring (bicyclic) bond motifs is 1. The molecule has 0 radical (unpaired) electrons. The van der Waals surface area contributed by atoms with Gasteiger partial charge in [0.2, 0.25) is 5.91 Å². The van der Waals surface area contributed by atoms with E-state index in [1.165, 1.54) is 11.3 Å². The molecule has 0 unspecified atom stereocenters. The Kier molecular flexibility index (Phi) is 6.40. The fourth-order valence-corrected chi connectivity index (χ4v) is 4.25. The Morgan fingerprint density at radius 1 is 1.20 bits per heavy atom. The maximum absolute atomic E-state index is 12.6. The second-order valence-electron chi connectivity index (χ2n) is 6.82. The van der Waals surface area contributed by atoms with Crippen LogP contribution in [0.1, 0.15) is 28.8 Å². The molecular weight excluding hydrogens is 423 g/mol. The Morgan fingerprint density at radius 3 is 2.43 bits per heavy atom. The summed E-state index contributed by atoms with van der Waals surface area (Å²) in [6.45, 7) is 1.33. The van der Waals surface area contributed by atoms with E-state index in [1.54, 1.807) is 12.4 Å². The Bertz CT molecular complexity index is 906. The van der Waals surface area contributed by atoms with E-state index in [2.05, 4.69) is 4.98 Å². The Morgan fingerprint density at radius 2 is 1.87 bits per heavy atom. The van der Waals surface area contributed by atoms with E-state index in [0.29, 0.717) is 13.0 Å². The lowest BCUT2D eigenvalue weighted by Gasteiger charge is -2.25. The molecule has 0 aromatic carbocycles. The van der Waals surface area contributed by atoms with Crippen LogP contribution in [-0.2, 0) is 16.1 Å². The van der Waals surface area contributed by atoms with Crippen LogP contribution in [0.15, 0.2) is 41.4 Å². The number of carbonyl (C=O) groups is 3. The second-order valence-corrected chi connectivity index (χ2v) is 7.60. The van der Waals surface area contributed by atoms with Crippen LogP contribution in [0.4, 0.5) is 13.2 Å². The van der Waals surface area contributed by atoms with Gasteiger partial charge in [-0.2, -0.15) is 24.5 Å². The molecule has 4 rings (SSSR count). The van der Waals surface area contributed by atoms with E-state index >= 15 is 0 Å². The lowest BCUT2D eigenvalue weighted by molar-refractivity contribution is -0.192. The summed E-state index contributed by atoms with van der Waals surface area (Å²) in [5, 5.41) is 10.9. The van der Waals surface area contributed by atoms with Crippen molar-refractivity contribution in [1.82, 2.24) is 14.8 Å². The summed E-state index contributed by atoms with van der Waals surface area (Å²) >= 11 is 1.52. The number of alkyl halides is 3. The van der Waals surface area contributed by atoms with Crippen molar-refractivity contribution in [2.75, 3.05) is 6.54 Å². The van der Waals surface area contributed by atoms with Gasteiger partial charge in [-0.05, 0) is 35.6 Å². The van der Waals surface area contributed by atoms with Crippen molar-refractivity contribution in [1.29, 1.82) is 0 Å². The number of halogens is 3. The van der Waals surface area contributed by atoms with Gasteiger partial charge in [-0.15, -0.1) is 0 Å². The number of thiophene rings is 1. The first kappa shape index (κ1) is 21.8. The van der Waals surface area contributed by atoms with Crippen molar-refractivity contribution in [2.45, 2.75) is 37.6 Å². The van der Waals surface area contributed by atoms with E-state index in [0.717, 1.165) is 24.1 Å². The maximum atomic E-state index is 12.6. The predicted octanol–water partition coefficient (Wildman–Crippen LogP) is 2.79. The van der Waals surface area contributed by atoms with E-state index in [1.807, 2.05) is 38.8 Å². The number of likely N-dealkylation sites (tertiary alicyclic amines) is 2. The SMILES string of the molecule is O=C(O)C(F)(F)F.O=C(c1ccsc1)N1CC[C@H]2[C@H]1CC(=O)N2Cc1ccncc1. The van der Waals surface area contributed by atoms with Crippen LogP contribution in [0.3, 0.4) is 0 Å². The highest BCUT2D eigenvalue weighted by Gasteiger charge is 2.48. The third-order valence-corrected chi connectivity index (χ3v) is 5.67. The van der Waals surface area contributed by atoms with Crippen molar-refractivity contribution in [3.8, 4) is 0 Å². The van der Waals surface area contributed by atoms with E-state index in [9.17, 15) is 22.8 Å². The van der Waals surface area contributed by atoms with Crippen molar-refractivity contribution in [2.24, 2.45) is 0 Å². The van der Waals surface area contributed by atoms with Gasteiger partial charge in [0, 0.05) is 37.3 Å². The minimum Gasteiger partial charge on any atom is -0.475 e. The molecule has 0 bridgehead atoms. The molecule has 2 aromatic heterocycles. The molecule has 0 aliphatic carbocycles. The number of carboxylic acids is 1. The first-order chi connectivity index (χ1) is 14.2. The monoisotopic (exact) mass is 441 g/mol. The van der Waals surface area contributed by atoms with Crippen molar-refractivity contribution < 1.29 is 32.7 Å². The van der Waals surface area contributed by atoms with E-state index in [4.69, 9.17) is 9.90 Å². The van der Waals surface area contributed by atoms with Gasteiger partial charge in [-0.1, -0.05) is 0 Å². The maximum Gasteiger partial charge on any atom is 0.490 e. The number of nitrogens with zero attached hydrogens (tertiary/aromatic N) is 3. The standard InChI is InChI=1S/C17H17N3O2S.C2HF3O2/c21-16-9-15-14(20(16)10-12-1-5-18-6-2-12)3-7-19(15)17(22)13-4-8-23-11-13;3-2(4,5)1(6)7/h1-2,4-6,8,11,14-15H,3,7,9-10H2;(H,6,7)/t14-,15+;/m0./s1. The summed E-state index contributed by atoms with van der Waals surface area (Å²) in [6, 6.07) is 5.87. The fraction of sp³-hybridized carbons (Fsp3) is 0.368. The molecule has 2 aromatic rings. The number of pyridine rings is 1. The molecule has 0 saturated carbocycles. The molecule has 2 atom stereocenters. The molecule has 30 heavy (non-hydrogen) atoms. The normalized spacial score (nSPS) is 20.6. The lowest BCUT2D eigenvalue weighted by Crippen LogP contribution is -2.39. The number of aliphatic carboxylic acids is 1. The van der Waals surface area contributed by atoms with Crippen molar-refractivity contribution >= 4 is 29.1 Å². The molecule has 0 spiro atoms. The zero-order valence-corrected chi connectivity index (χ0v) is 16.4. The molecule has 2 aliphatic heterocycles. The zero-order chi connectivity index (χ0) is 21.9. The summed E-state index contributed by atoms with van der Waals surface area (Å²) in [6.07, 6.45) is -0.300. The summed E-state index contributed by atoms with van der Waals surface area (Å²) in [4.78, 5) is 41.8. The van der Waals surface area contributed by atoms with Crippen LogP contribution >= 0.6 is 11.3 Å². The van der Waals surface area contributed by atoms with Gasteiger partial charge in [0.15, 0.2) is 0 Å². The molecule has 1 N–H and O–H groups in total. The van der Waals surface area contributed by atoms with Crippen molar-refractivity contribution in [3.05, 3.63) is 52.5 Å². The number of amides is 2. The molecule has 4 heterocycles. The van der Waals surface area contributed by atoms with Crippen LogP contribution in [0.5, 0.6) is 0 Å². The predicted molar refractivity (Wildman–Crippen MR) is 101 cm³/mol. The first-order valence-corrected chi connectivity index (χ1v) is 9.94. The summed E-state index contributed by atoms with van der Waals surface area (Å²) < 4.78 is 31.7. The van der Waals surface area contributed by atoms with Crippen LogP contribution in [0.2, 0.25) is 0 Å².